The van der Waals surface area contributed by atoms with E-state index in [1.54, 1.807) is 50.2 Å². The number of nitrogens with one attached hydrogen (secondary N) is 2. The maximum absolute atomic E-state index is 12.5. The Morgan fingerprint density at radius 2 is 1.66 bits per heavy atom. The van der Waals surface area contributed by atoms with E-state index < -0.39 is 17.7 Å². The summed E-state index contributed by atoms with van der Waals surface area (Å²) in [6.07, 6.45) is 0.388. The zero-order chi connectivity index (χ0) is 21.0. The van der Waals surface area contributed by atoms with Gasteiger partial charge in [0.1, 0.15) is 11.6 Å². The minimum absolute atomic E-state index is 0.0634. The number of benzene rings is 2. The van der Waals surface area contributed by atoms with Gasteiger partial charge in [0.2, 0.25) is 11.8 Å². The molecule has 3 aromatic rings. The van der Waals surface area contributed by atoms with Crippen LogP contribution in [-0.4, -0.2) is 21.3 Å². The number of halogens is 2. The van der Waals surface area contributed by atoms with Crippen molar-refractivity contribution in [2.75, 3.05) is 5.32 Å². The first kappa shape index (κ1) is 21.1. The highest BCUT2D eigenvalue weighted by molar-refractivity contribution is 6.30. The predicted octanol–water partition coefficient (Wildman–Crippen LogP) is 4.71. The van der Waals surface area contributed by atoms with Gasteiger partial charge in [0.05, 0.1) is 0 Å². The second kappa shape index (κ2) is 8.82. The molecule has 3 rings (SSSR count). The van der Waals surface area contributed by atoms with Crippen molar-refractivity contribution in [3.8, 4) is 0 Å². The molecular formula is C20H20Cl2N4O3. The van der Waals surface area contributed by atoms with E-state index in [1.165, 1.54) is 0 Å². The molecule has 0 spiro atoms. The molecule has 0 bridgehead atoms. The normalized spacial score (nSPS) is 12.4. The highest BCUT2D eigenvalue weighted by Gasteiger charge is 2.27. The number of hydrogen-bond donors (Lipinski definition) is 3. The van der Waals surface area contributed by atoms with Gasteiger partial charge < -0.3 is 20.2 Å². The summed E-state index contributed by atoms with van der Waals surface area (Å²) in [5, 5.41) is 24.7. The van der Waals surface area contributed by atoms with Crippen molar-refractivity contribution >= 4 is 34.9 Å². The molecule has 3 N–H and O–H groups in total. The number of carbonyl (C=O) groups is 1. The molecule has 2 amide bonds. The molecular weight excluding hydrogens is 415 g/mol. The Bertz CT molecular complexity index is 967. The van der Waals surface area contributed by atoms with Gasteiger partial charge >= 0.3 is 6.03 Å². The summed E-state index contributed by atoms with van der Waals surface area (Å²) >= 11 is 11.8. The zero-order valence-corrected chi connectivity index (χ0v) is 17.3. The van der Waals surface area contributed by atoms with E-state index in [0.717, 1.165) is 5.56 Å². The number of nitrogens with zero attached hydrogens (tertiary/aromatic N) is 2. The molecule has 0 radical (unpaired) electrons. The number of aliphatic hydroxyl groups is 1. The van der Waals surface area contributed by atoms with Crippen molar-refractivity contribution in [3.63, 3.8) is 0 Å². The molecule has 9 heteroatoms. The Morgan fingerprint density at radius 3 is 2.21 bits per heavy atom. The molecule has 0 aliphatic carbocycles. The smallest absolute Gasteiger partial charge is 0.319 e. The highest BCUT2D eigenvalue weighted by atomic mass is 35.5. The summed E-state index contributed by atoms with van der Waals surface area (Å²) in [5.74, 6) is 0.247. The molecule has 0 saturated carbocycles. The van der Waals surface area contributed by atoms with Crippen LogP contribution in [0, 0.1) is 0 Å². The number of amides is 2. The summed E-state index contributed by atoms with van der Waals surface area (Å²) in [5.41, 5.74) is 0.204. The number of urea groups is 1. The van der Waals surface area contributed by atoms with Crippen LogP contribution in [0.4, 0.5) is 10.5 Å². The fraction of sp³-hybridized carbons (Fsp3) is 0.250. The van der Waals surface area contributed by atoms with E-state index in [-0.39, 0.29) is 11.8 Å². The molecule has 1 heterocycles. The Balaban J connectivity index is 1.79. The SMILES string of the molecule is CC(C)(O)c1nnc([C@H](Cc2ccc(Cl)cc2)NC(=O)Nc2ccc(Cl)cc2)o1. The molecule has 7 nitrogen and oxygen atoms in total. The van der Waals surface area contributed by atoms with Crippen LogP contribution in [0.2, 0.25) is 10.0 Å². The van der Waals surface area contributed by atoms with Gasteiger partial charge in [0.15, 0.2) is 0 Å². The van der Waals surface area contributed by atoms with Crippen molar-refractivity contribution in [2.45, 2.75) is 31.9 Å². The molecule has 1 atom stereocenters. The average molecular weight is 435 g/mol. The maximum Gasteiger partial charge on any atom is 0.319 e. The summed E-state index contributed by atoms with van der Waals surface area (Å²) in [6.45, 7) is 3.08. The molecule has 152 valence electrons. The first-order valence-corrected chi connectivity index (χ1v) is 9.60. The number of rotatable bonds is 6. The number of carbonyl (C=O) groups excluding carboxylic acids is 1. The van der Waals surface area contributed by atoms with E-state index in [0.29, 0.717) is 22.2 Å². The first-order valence-electron chi connectivity index (χ1n) is 8.84. The third-order valence-electron chi connectivity index (χ3n) is 4.02. The van der Waals surface area contributed by atoms with Gasteiger partial charge in [-0.1, -0.05) is 35.3 Å². The summed E-state index contributed by atoms with van der Waals surface area (Å²) in [4.78, 5) is 12.5. The maximum atomic E-state index is 12.5. The van der Waals surface area contributed by atoms with Gasteiger partial charge in [-0.3, -0.25) is 0 Å². The lowest BCUT2D eigenvalue weighted by Crippen LogP contribution is -2.34. The lowest BCUT2D eigenvalue weighted by Gasteiger charge is -2.17. The summed E-state index contributed by atoms with van der Waals surface area (Å²) in [7, 11) is 0. The fourth-order valence-electron chi connectivity index (χ4n) is 2.54. The quantitative estimate of drug-likeness (QED) is 0.521. The number of anilines is 1. The third kappa shape index (κ3) is 5.93. The van der Waals surface area contributed by atoms with Crippen molar-refractivity contribution in [1.29, 1.82) is 0 Å². The van der Waals surface area contributed by atoms with Crippen LogP contribution >= 0.6 is 23.2 Å². The monoisotopic (exact) mass is 434 g/mol. The van der Waals surface area contributed by atoms with Gasteiger partial charge in [-0.25, -0.2) is 4.79 Å². The van der Waals surface area contributed by atoms with Crippen molar-refractivity contribution < 1.29 is 14.3 Å². The van der Waals surface area contributed by atoms with Gasteiger partial charge in [0.25, 0.3) is 0 Å². The molecule has 2 aromatic carbocycles. The molecule has 0 aliphatic heterocycles. The van der Waals surface area contributed by atoms with E-state index in [1.807, 2.05) is 12.1 Å². The van der Waals surface area contributed by atoms with Crippen LogP contribution in [0.15, 0.2) is 52.9 Å². The van der Waals surface area contributed by atoms with E-state index in [9.17, 15) is 9.90 Å². The van der Waals surface area contributed by atoms with E-state index in [4.69, 9.17) is 27.6 Å². The average Bonchev–Trinajstić information content (AvgIpc) is 3.15. The van der Waals surface area contributed by atoms with Crippen LogP contribution in [0.1, 0.15) is 37.2 Å². The van der Waals surface area contributed by atoms with Gasteiger partial charge in [-0.15, -0.1) is 10.2 Å². The fourth-order valence-corrected chi connectivity index (χ4v) is 2.79. The van der Waals surface area contributed by atoms with Crippen molar-refractivity contribution in [1.82, 2.24) is 15.5 Å². The van der Waals surface area contributed by atoms with Crippen LogP contribution in [0.3, 0.4) is 0 Å². The van der Waals surface area contributed by atoms with Gasteiger partial charge in [-0.2, -0.15) is 0 Å². The van der Waals surface area contributed by atoms with Crippen molar-refractivity contribution in [2.24, 2.45) is 0 Å². The Labute approximate surface area is 178 Å². The number of aromatic nitrogens is 2. The predicted molar refractivity (Wildman–Crippen MR) is 111 cm³/mol. The highest BCUT2D eigenvalue weighted by Crippen LogP contribution is 2.24. The molecule has 0 unspecified atom stereocenters. The van der Waals surface area contributed by atoms with Gasteiger partial charge in [0, 0.05) is 22.2 Å². The Kier molecular flexibility index (Phi) is 6.42. The Hall–Kier alpha value is -2.61. The second-order valence-electron chi connectivity index (χ2n) is 6.99. The second-order valence-corrected chi connectivity index (χ2v) is 7.87. The molecule has 0 saturated heterocycles. The first-order chi connectivity index (χ1) is 13.7. The van der Waals surface area contributed by atoms with Gasteiger partial charge in [-0.05, 0) is 55.8 Å². The zero-order valence-electron chi connectivity index (χ0n) is 15.8. The summed E-state index contributed by atoms with van der Waals surface area (Å²) in [6, 6.07) is 12.9. The van der Waals surface area contributed by atoms with Crippen LogP contribution in [-0.2, 0) is 12.0 Å². The van der Waals surface area contributed by atoms with Crippen LogP contribution < -0.4 is 10.6 Å². The molecule has 29 heavy (non-hydrogen) atoms. The molecule has 0 fully saturated rings. The standard InChI is InChI=1S/C20H20Cl2N4O3/c1-20(2,28)18-26-25-17(29-18)16(11-12-3-5-13(21)6-4-12)24-19(27)23-15-9-7-14(22)8-10-15/h3-10,16,28H,11H2,1-2H3,(H2,23,24,27)/t16-/m0/s1. The van der Waals surface area contributed by atoms with Crippen LogP contribution in [0.5, 0.6) is 0 Å². The number of hydrogen-bond acceptors (Lipinski definition) is 5. The molecule has 0 aliphatic rings. The van der Waals surface area contributed by atoms with E-state index >= 15 is 0 Å². The lowest BCUT2D eigenvalue weighted by molar-refractivity contribution is 0.0464. The minimum Gasteiger partial charge on any atom is -0.420 e. The molecule has 1 aromatic heterocycles. The lowest BCUT2D eigenvalue weighted by atomic mass is 10.1. The van der Waals surface area contributed by atoms with Crippen LogP contribution in [0.25, 0.3) is 0 Å². The summed E-state index contributed by atoms with van der Waals surface area (Å²) < 4.78 is 5.61. The van der Waals surface area contributed by atoms with E-state index in [2.05, 4.69) is 20.8 Å². The topological polar surface area (TPSA) is 100 Å². The Morgan fingerprint density at radius 1 is 1.07 bits per heavy atom. The third-order valence-corrected chi connectivity index (χ3v) is 4.53. The van der Waals surface area contributed by atoms with Crippen molar-refractivity contribution in [3.05, 3.63) is 75.9 Å². The minimum atomic E-state index is -1.29. The largest absolute Gasteiger partial charge is 0.420 e.